The standard InChI is InChI=1S/C12H7BrF3NOS2/c13-7-1-3-8(4-2-7)19-6-9(18)10-5-17-11(20-10)12(14,15)16/h1-5H,6H2. The van der Waals surface area contributed by atoms with Crippen molar-refractivity contribution in [1.29, 1.82) is 0 Å². The SMILES string of the molecule is O=C(CSc1ccc(Br)cc1)c1cnc(C(F)(F)F)s1. The van der Waals surface area contributed by atoms with Crippen LogP contribution in [-0.2, 0) is 6.18 Å². The van der Waals surface area contributed by atoms with Crippen LogP contribution in [0.5, 0.6) is 0 Å². The molecule has 8 heteroatoms. The minimum absolute atomic E-state index is 0.0296. The highest BCUT2D eigenvalue weighted by molar-refractivity contribution is 9.10. The van der Waals surface area contributed by atoms with Gasteiger partial charge in [0.15, 0.2) is 10.8 Å². The van der Waals surface area contributed by atoms with Crippen LogP contribution in [0.1, 0.15) is 14.7 Å². The molecule has 0 spiro atoms. The van der Waals surface area contributed by atoms with Crippen LogP contribution in [0, 0.1) is 0 Å². The second-order valence-electron chi connectivity index (χ2n) is 3.69. The van der Waals surface area contributed by atoms with E-state index in [0.29, 0.717) is 11.3 Å². The van der Waals surface area contributed by atoms with Gasteiger partial charge in [0.05, 0.1) is 10.6 Å². The summed E-state index contributed by atoms with van der Waals surface area (Å²) in [5, 5.41) is -0.991. The highest BCUT2D eigenvalue weighted by Crippen LogP contribution is 2.33. The number of aromatic nitrogens is 1. The third kappa shape index (κ3) is 4.07. The molecule has 0 radical (unpaired) electrons. The van der Waals surface area contributed by atoms with Gasteiger partial charge in [-0.15, -0.1) is 23.1 Å². The van der Waals surface area contributed by atoms with E-state index in [-0.39, 0.29) is 16.4 Å². The average molecular weight is 382 g/mol. The van der Waals surface area contributed by atoms with Crippen LogP contribution in [0.3, 0.4) is 0 Å². The molecule has 0 N–H and O–H groups in total. The molecule has 0 fully saturated rings. The fourth-order valence-corrected chi connectivity index (χ4v) is 3.14. The van der Waals surface area contributed by atoms with Gasteiger partial charge in [0.1, 0.15) is 0 Å². The number of halogens is 4. The number of hydrogen-bond acceptors (Lipinski definition) is 4. The van der Waals surface area contributed by atoms with Gasteiger partial charge in [-0.05, 0) is 24.3 Å². The van der Waals surface area contributed by atoms with Crippen LogP contribution in [0.15, 0.2) is 39.8 Å². The second-order valence-corrected chi connectivity index (χ2v) is 6.69. The number of thiazole rings is 1. The summed E-state index contributed by atoms with van der Waals surface area (Å²) < 4.78 is 38.1. The first kappa shape index (κ1) is 15.5. The number of Topliss-reactive ketones (excluding diaryl/α,β-unsaturated/α-hetero) is 1. The Morgan fingerprint density at radius 1 is 1.30 bits per heavy atom. The first-order chi connectivity index (χ1) is 9.36. The lowest BCUT2D eigenvalue weighted by molar-refractivity contribution is -0.137. The van der Waals surface area contributed by atoms with E-state index in [2.05, 4.69) is 20.9 Å². The van der Waals surface area contributed by atoms with Crippen LogP contribution < -0.4 is 0 Å². The fraction of sp³-hybridized carbons (Fsp3) is 0.167. The van der Waals surface area contributed by atoms with Crippen molar-refractivity contribution in [3.8, 4) is 0 Å². The lowest BCUT2D eigenvalue weighted by atomic mass is 10.4. The average Bonchev–Trinajstić information content (AvgIpc) is 2.87. The molecule has 0 saturated heterocycles. The molecule has 1 aromatic carbocycles. The lowest BCUT2D eigenvalue weighted by Gasteiger charge is -2.00. The van der Waals surface area contributed by atoms with Gasteiger partial charge in [0.2, 0.25) is 0 Å². The first-order valence-electron chi connectivity index (χ1n) is 5.31. The number of nitrogens with zero attached hydrogens (tertiary/aromatic N) is 1. The van der Waals surface area contributed by atoms with Crippen LogP contribution in [0.4, 0.5) is 13.2 Å². The van der Waals surface area contributed by atoms with E-state index in [1.54, 1.807) is 0 Å². The van der Waals surface area contributed by atoms with E-state index in [1.165, 1.54) is 11.8 Å². The summed E-state index contributed by atoms with van der Waals surface area (Å²) in [5.41, 5.74) is 0. The van der Waals surface area contributed by atoms with Gasteiger partial charge < -0.3 is 0 Å². The first-order valence-corrected chi connectivity index (χ1v) is 7.90. The highest BCUT2D eigenvalue weighted by atomic mass is 79.9. The number of rotatable bonds is 4. The molecule has 0 atom stereocenters. The number of hydrogen-bond donors (Lipinski definition) is 0. The zero-order chi connectivity index (χ0) is 14.8. The van der Waals surface area contributed by atoms with E-state index >= 15 is 0 Å². The van der Waals surface area contributed by atoms with Gasteiger partial charge >= 0.3 is 6.18 Å². The van der Waals surface area contributed by atoms with Crippen molar-refractivity contribution in [3.05, 3.63) is 44.8 Å². The van der Waals surface area contributed by atoms with E-state index in [1.807, 2.05) is 24.3 Å². The molecule has 2 rings (SSSR count). The fourth-order valence-electron chi connectivity index (χ4n) is 1.28. The van der Waals surface area contributed by atoms with Crippen molar-refractivity contribution in [2.75, 3.05) is 5.75 Å². The van der Waals surface area contributed by atoms with Gasteiger partial charge in [-0.1, -0.05) is 15.9 Å². The Balaban J connectivity index is 1.98. The molecule has 0 saturated carbocycles. The Labute approximate surface area is 129 Å². The van der Waals surface area contributed by atoms with E-state index < -0.39 is 11.2 Å². The van der Waals surface area contributed by atoms with Crippen LogP contribution in [0.2, 0.25) is 0 Å². The molecule has 1 heterocycles. The summed E-state index contributed by atoms with van der Waals surface area (Å²) in [6, 6.07) is 7.33. The number of thioether (sulfide) groups is 1. The van der Waals surface area contributed by atoms with Crippen molar-refractivity contribution in [2.24, 2.45) is 0 Å². The van der Waals surface area contributed by atoms with Crippen LogP contribution in [0.25, 0.3) is 0 Å². The smallest absolute Gasteiger partial charge is 0.292 e. The molecule has 0 amide bonds. The molecule has 1 aromatic heterocycles. The van der Waals surface area contributed by atoms with Crippen LogP contribution >= 0.6 is 39.0 Å². The maximum absolute atomic E-state index is 12.4. The Morgan fingerprint density at radius 3 is 2.50 bits per heavy atom. The van der Waals surface area contributed by atoms with Crippen molar-refractivity contribution < 1.29 is 18.0 Å². The van der Waals surface area contributed by atoms with Gasteiger partial charge in [-0.3, -0.25) is 4.79 Å². The van der Waals surface area contributed by atoms with Gasteiger partial charge in [0, 0.05) is 15.6 Å². The van der Waals surface area contributed by atoms with Crippen molar-refractivity contribution in [2.45, 2.75) is 11.1 Å². The zero-order valence-electron chi connectivity index (χ0n) is 9.78. The number of benzene rings is 1. The van der Waals surface area contributed by atoms with Gasteiger partial charge in [0.25, 0.3) is 0 Å². The summed E-state index contributed by atoms with van der Waals surface area (Å²) in [4.78, 5) is 15.9. The van der Waals surface area contributed by atoms with Crippen molar-refractivity contribution in [1.82, 2.24) is 4.98 Å². The molecule has 2 nitrogen and oxygen atoms in total. The maximum Gasteiger partial charge on any atom is 0.443 e. The Kier molecular flexibility index (Phi) is 4.87. The molecule has 2 aromatic rings. The monoisotopic (exact) mass is 381 g/mol. The maximum atomic E-state index is 12.4. The Bertz CT molecular complexity index is 610. The molecule has 0 aliphatic carbocycles. The molecule has 0 aliphatic rings. The largest absolute Gasteiger partial charge is 0.443 e. The number of carbonyl (C=O) groups is 1. The Hall–Kier alpha value is -0.860. The summed E-state index contributed by atoms with van der Waals surface area (Å²) in [5.74, 6) is -0.271. The third-order valence-corrected chi connectivity index (χ3v) is 4.83. The summed E-state index contributed by atoms with van der Waals surface area (Å²) in [6.45, 7) is 0. The normalized spacial score (nSPS) is 11.6. The Morgan fingerprint density at radius 2 is 1.95 bits per heavy atom. The van der Waals surface area contributed by atoms with E-state index in [9.17, 15) is 18.0 Å². The molecule has 0 aliphatic heterocycles. The minimum Gasteiger partial charge on any atom is -0.292 e. The minimum atomic E-state index is -4.50. The summed E-state index contributed by atoms with van der Waals surface area (Å²) >= 11 is 4.95. The third-order valence-electron chi connectivity index (χ3n) is 2.21. The quantitative estimate of drug-likeness (QED) is 0.557. The number of ketones is 1. The predicted molar refractivity (Wildman–Crippen MR) is 76.3 cm³/mol. The molecule has 0 bridgehead atoms. The molecule has 20 heavy (non-hydrogen) atoms. The molecule has 106 valence electrons. The summed E-state index contributed by atoms with van der Waals surface area (Å²) in [6.07, 6.45) is -3.51. The van der Waals surface area contributed by atoms with E-state index in [0.717, 1.165) is 15.6 Å². The van der Waals surface area contributed by atoms with E-state index in [4.69, 9.17) is 0 Å². The van der Waals surface area contributed by atoms with Gasteiger partial charge in [-0.25, -0.2) is 4.98 Å². The highest BCUT2D eigenvalue weighted by Gasteiger charge is 2.35. The molecule has 0 unspecified atom stereocenters. The van der Waals surface area contributed by atoms with Crippen LogP contribution in [-0.4, -0.2) is 16.5 Å². The molecular weight excluding hydrogens is 375 g/mol. The zero-order valence-corrected chi connectivity index (χ0v) is 13.0. The number of carbonyl (C=O) groups excluding carboxylic acids is 1. The number of alkyl halides is 3. The lowest BCUT2D eigenvalue weighted by Crippen LogP contribution is -2.03. The van der Waals surface area contributed by atoms with Crippen molar-refractivity contribution in [3.63, 3.8) is 0 Å². The predicted octanol–water partition coefficient (Wildman–Crippen LogP) is 4.90. The summed E-state index contributed by atoms with van der Waals surface area (Å²) in [7, 11) is 0. The topological polar surface area (TPSA) is 30.0 Å². The second kappa shape index (κ2) is 6.28. The van der Waals surface area contributed by atoms with Crippen molar-refractivity contribution >= 4 is 44.8 Å². The van der Waals surface area contributed by atoms with Gasteiger partial charge in [-0.2, -0.15) is 13.2 Å². The molecular formula is C12H7BrF3NOS2.